The molecular weight excluding hydrogens is 501 g/mol. The van der Waals surface area contributed by atoms with Crippen molar-refractivity contribution in [1.29, 1.82) is 0 Å². The first-order valence-corrected chi connectivity index (χ1v) is 11.9. The molecule has 2 aromatic carbocycles. The van der Waals surface area contributed by atoms with Gasteiger partial charge >= 0.3 is 0 Å². The Morgan fingerprint density at radius 3 is 2.69 bits per heavy atom. The molecule has 36 heavy (non-hydrogen) atoms. The van der Waals surface area contributed by atoms with Crippen LogP contribution in [0.1, 0.15) is 47.8 Å². The summed E-state index contributed by atoms with van der Waals surface area (Å²) in [6, 6.07) is 15.2. The third kappa shape index (κ3) is 5.83. The van der Waals surface area contributed by atoms with Gasteiger partial charge in [-0.05, 0) is 49.1 Å². The number of ether oxygens (including phenoxy) is 1. The molecule has 0 bridgehead atoms. The number of hydrogen-bond donors (Lipinski definition) is 1. The third-order valence-corrected chi connectivity index (χ3v) is 7.00. The highest BCUT2D eigenvalue weighted by Crippen LogP contribution is 2.36. The van der Waals surface area contributed by atoms with Crippen LogP contribution in [0.4, 0.5) is 5.69 Å². The number of benzene rings is 2. The number of carbonyl (C=O) groups excluding carboxylic acids is 1. The minimum absolute atomic E-state index is 0. The highest BCUT2D eigenvalue weighted by atomic mass is 35.5. The molecule has 2 unspecified atom stereocenters. The highest BCUT2D eigenvalue weighted by molar-refractivity contribution is 5.96. The van der Waals surface area contributed by atoms with Gasteiger partial charge in [0.2, 0.25) is 12.3 Å². The molecule has 0 aliphatic carbocycles. The van der Waals surface area contributed by atoms with Gasteiger partial charge in [0.1, 0.15) is 5.75 Å². The van der Waals surface area contributed by atoms with E-state index in [1.165, 1.54) is 12.0 Å². The number of anilines is 1. The standard InChI is InChI=1S/C26H31N5O3.2ClH/c1-30-22-13-20(23(33-2)14-19(22)10-11-25(30)32)15-31(16-24-28-17-34-29-24)21-9-6-12-27-26(21)18-7-4-3-5-8-18;;/h3-5,7-8,13-14,17,21,26-27H,6,9-12,15-16H2,1-2H3;2*1H. The van der Waals surface area contributed by atoms with E-state index in [0.717, 1.165) is 48.4 Å². The topological polar surface area (TPSA) is 83.7 Å². The molecule has 3 aromatic rings. The number of aryl methyl sites for hydroxylation is 1. The fourth-order valence-corrected chi connectivity index (χ4v) is 5.24. The van der Waals surface area contributed by atoms with Gasteiger partial charge < -0.3 is 19.5 Å². The second-order valence-corrected chi connectivity index (χ2v) is 9.05. The molecule has 2 aliphatic heterocycles. The van der Waals surface area contributed by atoms with Gasteiger partial charge in [-0.2, -0.15) is 4.98 Å². The lowest BCUT2D eigenvalue weighted by molar-refractivity contribution is -0.118. The van der Waals surface area contributed by atoms with E-state index in [4.69, 9.17) is 9.26 Å². The van der Waals surface area contributed by atoms with Crippen LogP contribution in [-0.4, -0.2) is 47.7 Å². The Kier molecular flexibility index (Phi) is 9.73. The molecule has 0 spiro atoms. The minimum atomic E-state index is 0. The predicted octanol–water partition coefficient (Wildman–Crippen LogP) is 4.33. The summed E-state index contributed by atoms with van der Waals surface area (Å²) in [7, 11) is 3.56. The quantitative estimate of drug-likeness (QED) is 0.483. The highest BCUT2D eigenvalue weighted by Gasteiger charge is 2.33. The Labute approximate surface area is 224 Å². The van der Waals surface area contributed by atoms with Gasteiger partial charge in [-0.15, -0.1) is 24.8 Å². The molecule has 2 atom stereocenters. The first kappa shape index (κ1) is 27.9. The van der Waals surface area contributed by atoms with E-state index in [1.54, 1.807) is 12.0 Å². The third-order valence-electron chi connectivity index (χ3n) is 7.00. The molecule has 1 saturated heterocycles. The molecule has 8 nitrogen and oxygen atoms in total. The number of rotatable bonds is 7. The molecule has 5 rings (SSSR count). The van der Waals surface area contributed by atoms with Gasteiger partial charge in [0.15, 0.2) is 5.82 Å². The monoisotopic (exact) mass is 533 g/mol. The van der Waals surface area contributed by atoms with Gasteiger partial charge in [-0.3, -0.25) is 9.69 Å². The number of methoxy groups -OCH3 is 1. The summed E-state index contributed by atoms with van der Waals surface area (Å²) in [5, 5.41) is 7.83. The van der Waals surface area contributed by atoms with Crippen LogP contribution in [0, 0.1) is 0 Å². The van der Waals surface area contributed by atoms with Crippen LogP contribution in [-0.2, 0) is 24.3 Å². The van der Waals surface area contributed by atoms with Crippen LogP contribution in [0.3, 0.4) is 0 Å². The zero-order valence-corrected chi connectivity index (χ0v) is 22.2. The van der Waals surface area contributed by atoms with Crippen molar-refractivity contribution in [1.82, 2.24) is 20.4 Å². The molecule has 1 amide bonds. The van der Waals surface area contributed by atoms with Gasteiger partial charge in [-0.1, -0.05) is 35.5 Å². The van der Waals surface area contributed by atoms with Crippen molar-refractivity contribution in [2.75, 3.05) is 25.6 Å². The summed E-state index contributed by atoms with van der Waals surface area (Å²) in [4.78, 5) is 20.8. The molecule has 1 fully saturated rings. The van der Waals surface area contributed by atoms with E-state index < -0.39 is 0 Å². The van der Waals surface area contributed by atoms with Crippen LogP contribution in [0.2, 0.25) is 0 Å². The summed E-state index contributed by atoms with van der Waals surface area (Å²) in [6.07, 6.45) is 4.79. The summed E-state index contributed by atoms with van der Waals surface area (Å²) in [5.74, 6) is 1.65. The van der Waals surface area contributed by atoms with Crippen molar-refractivity contribution in [3.8, 4) is 5.75 Å². The van der Waals surface area contributed by atoms with Crippen molar-refractivity contribution >= 4 is 36.4 Å². The van der Waals surface area contributed by atoms with E-state index in [-0.39, 0.29) is 42.8 Å². The molecule has 1 aromatic heterocycles. The maximum atomic E-state index is 12.4. The largest absolute Gasteiger partial charge is 0.496 e. The average Bonchev–Trinajstić information content (AvgIpc) is 3.39. The molecule has 3 heterocycles. The van der Waals surface area contributed by atoms with E-state index in [2.05, 4.69) is 56.8 Å². The average molecular weight is 534 g/mol. The smallest absolute Gasteiger partial charge is 0.227 e. The number of fused-ring (bicyclic) bond motifs is 1. The van der Waals surface area contributed by atoms with Crippen molar-refractivity contribution in [3.63, 3.8) is 0 Å². The molecule has 194 valence electrons. The first-order valence-electron chi connectivity index (χ1n) is 11.9. The maximum absolute atomic E-state index is 12.4. The van der Waals surface area contributed by atoms with Crippen molar-refractivity contribution in [2.45, 2.75) is 50.9 Å². The molecule has 2 aliphatic rings. The molecule has 10 heteroatoms. The van der Waals surface area contributed by atoms with Crippen molar-refractivity contribution < 1.29 is 14.1 Å². The number of nitrogens with zero attached hydrogens (tertiary/aromatic N) is 4. The summed E-state index contributed by atoms with van der Waals surface area (Å²) < 4.78 is 10.9. The number of piperidine rings is 1. The van der Waals surface area contributed by atoms with Crippen LogP contribution >= 0.6 is 24.8 Å². The predicted molar refractivity (Wildman–Crippen MR) is 143 cm³/mol. The number of amides is 1. The Bertz CT molecular complexity index is 1130. The normalized spacial score (nSPS) is 19.3. The number of halogens is 2. The first-order chi connectivity index (χ1) is 16.6. The van der Waals surface area contributed by atoms with Crippen molar-refractivity contribution in [3.05, 3.63) is 71.4 Å². The lowest BCUT2D eigenvalue weighted by Crippen LogP contribution is -2.48. The zero-order chi connectivity index (χ0) is 23.5. The number of nitrogens with one attached hydrogen (secondary N) is 1. The Morgan fingerprint density at radius 1 is 1.17 bits per heavy atom. The summed E-state index contributed by atoms with van der Waals surface area (Å²) >= 11 is 0. The molecule has 1 N–H and O–H groups in total. The van der Waals surface area contributed by atoms with Gasteiger partial charge in [0.05, 0.1) is 13.7 Å². The summed E-state index contributed by atoms with van der Waals surface area (Å²) in [5.41, 5.74) is 4.43. The van der Waals surface area contributed by atoms with E-state index in [9.17, 15) is 4.79 Å². The van der Waals surface area contributed by atoms with E-state index in [1.807, 2.05) is 13.1 Å². The van der Waals surface area contributed by atoms with Gasteiger partial charge in [0, 0.05) is 43.3 Å². The Hall–Kier alpha value is -2.65. The van der Waals surface area contributed by atoms with E-state index >= 15 is 0 Å². The summed E-state index contributed by atoms with van der Waals surface area (Å²) in [6.45, 7) is 2.19. The minimum Gasteiger partial charge on any atom is -0.496 e. The lowest BCUT2D eigenvalue weighted by atomic mass is 9.90. The molecule has 0 radical (unpaired) electrons. The second kappa shape index (κ2) is 12.5. The maximum Gasteiger partial charge on any atom is 0.227 e. The number of hydrogen-bond acceptors (Lipinski definition) is 7. The Morgan fingerprint density at radius 2 is 1.97 bits per heavy atom. The van der Waals surface area contributed by atoms with Crippen LogP contribution < -0.4 is 15.0 Å². The van der Waals surface area contributed by atoms with Gasteiger partial charge in [0.25, 0.3) is 0 Å². The lowest BCUT2D eigenvalue weighted by Gasteiger charge is -2.41. The SMILES string of the molecule is COc1cc2c(cc1CN(Cc1ncon1)C1CCCNC1c1ccccc1)N(C)C(=O)CC2.Cl.Cl. The molecule has 0 saturated carbocycles. The molecular formula is C26H33Cl2N5O3. The van der Waals surface area contributed by atoms with Crippen LogP contribution in [0.5, 0.6) is 5.75 Å². The van der Waals surface area contributed by atoms with Gasteiger partial charge in [-0.25, -0.2) is 0 Å². The second-order valence-electron chi connectivity index (χ2n) is 9.05. The van der Waals surface area contributed by atoms with Crippen LogP contribution in [0.25, 0.3) is 0 Å². The van der Waals surface area contributed by atoms with E-state index in [0.29, 0.717) is 25.3 Å². The fraction of sp³-hybridized carbons (Fsp3) is 0.423. The number of carbonyl (C=O) groups is 1. The zero-order valence-electron chi connectivity index (χ0n) is 20.6. The number of aromatic nitrogens is 2. The fourth-order valence-electron chi connectivity index (χ4n) is 5.24. The Balaban J connectivity index is 0.00000180. The van der Waals surface area contributed by atoms with Crippen LogP contribution in [0.15, 0.2) is 53.4 Å². The van der Waals surface area contributed by atoms with Crippen molar-refractivity contribution in [2.24, 2.45) is 0 Å².